The molecule has 0 saturated carbocycles. The fraction of sp³-hybridized carbons (Fsp3) is 0.364. The zero-order valence-electron chi connectivity index (χ0n) is 9.57. The molecule has 6 heteroatoms. The van der Waals surface area contributed by atoms with E-state index in [4.69, 9.17) is 0 Å². The second-order valence-corrected chi connectivity index (χ2v) is 5.35. The van der Waals surface area contributed by atoms with E-state index in [1.807, 2.05) is 13.8 Å². The Morgan fingerprint density at radius 2 is 2.18 bits per heavy atom. The predicted molar refractivity (Wildman–Crippen MR) is 63.2 cm³/mol. The molecule has 0 spiro atoms. The van der Waals surface area contributed by atoms with Crippen molar-refractivity contribution in [2.75, 3.05) is 13.1 Å². The SMILES string of the molecule is Cc1cc(C(=O)CN2C(=O)CNC2=O)c(C)s1. The lowest BCUT2D eigenvalue weighted by atomic mass is 10.1. The molecule has 1 N–H and O–H groups in total. The zero-order chi connectivity index (χ0) is 12.6. The molecular formula is C11H12N2O3S. The summed E-state index contributed by atoms with van der Waals surface area (Å²) < 4.78 is 0. The highest BCUT2D eigenvalue weighted by Gasteiger charge is 2.30. The molecule has 1 fully saturated rings. The van der Waals surface area contributed by atoms with Crippen LogP contribution in [0.5, 0.6) is 0 Å². The van der Waals surface area contributed by atoms with Crippen molar-refractivity contribution >= 4 is 29.1 Å². The van der Waals surface area contributed by atoms with Gasteiger partial charge in [-0.15, -0.1) is 11.3 Å². The number of amides is 3. The van der Waals surface area contributed by atoms with E-state index in [0.717, 1.165) is 14.7 Å². The van der Waals surface area contributed by atoms with Crippen LogP contribution in [0.1, 0.15) is 20.1 Å². The van der Waals surface area contributed by atoms with Gasteiger partial charge in [-0.25, -0.2) is 4.79 Å². The average molecular weight is 252 g/mol. The molecule has 1 aliphatic rings. The molecule has 0 radical (unpaired) electrons. The molecule has 0 unspecified atom stereocenters. The summed E-state index contributed by atoms with van der Waals surface area (Å²) in [5.41, 5.74) is 0.597. The van der Waals surface area contributed by atoms with Crippen LogP contribution in [-0.4, -0.2) is 35.7 Å². The van der Waals surface area contributed by atoms with Crippen LogP contribution in [0.15, 0.2) is 6.07 Å². The van der Waals surface area contributed by atoms with Gasteiger partial charge in [-0.3, -0.25) is 14.5 Å². The van der Waals surface area contributed by atoms with Gasteiger partial charge in [-0.1, -0.05) is 0 Å². The van der Waals surface area contributed by atoms with E-state index >= 15 is 0 Å². The van der Waals surface area contributed by atoms with E-state index in [9.17, 15) is 14.4 Å². The number of hydrogen-bond acceptors (Lipinski definition) is 4. The number of ketones is 1. The number of aryl methyl sites for hydroxylation is 2. The quantitative estimate of drug-likeness (QED) is 0.647. The van der Waals surface area contributed by atoms with Gasteiger partial charge in [0.05, 0.1) is 13.1 Å². The molecule has 1 aliphatic heterocycles. The predicted octanol–water partition coefficient (Wildman–Crippen LogP) is 1.10. The van der Waals surface area contributed by atoms with Gasteiger partial charge >= 0.3 is 6.03 Å². The molecule has 1 aromatic rings. The van der Waals surface area contributed by atoms with Gasteiger partial charge in [0.25, 0.3) is 0 Å². The number of Topliss-reactive ketones (excluding diaryl/α,β-unsaturated/α-hetero) is 1. The highest BCUT2D eigenvalue weighted by Crippen LogP contribution is 2.21. The molecule has 0 aliphatic carbocycles. The number of nitrogens with one attached hydrogen (secondary N) is 1. The van der Waals surface area contributed by atoms with Crippen molar-refractivity contribution in [1.29, 1.82) is 0 Å². The molecule has 0 aromatic carbocycles. The van der Waals surface area contributed by atoms with Gasteiger partial charge in [0.1, 0.15) is 0 Å². The molecule has 5 nitrogen and oxygen atoms in total. The van der Waals surface area contributed by atoms with Gasteiger partial charge < -0.3 is 5.32 Å². The van der Waals surface area contributed by atoms with Crippen molar-refractivity contribution in [2.24, 2.45) is 0 Å². The second kappa shape index (κ2) is 4.29. The summed E-state index contributed by atoms with van der Waals surface area (Å²) in [6.07, 6.45) is 0. The first-order chi connectivity index (χ1) is 7.99. The molecule has 90 valence electrons. The molecule has 2 rings (SSSR count). The number of thiophene rings is 1. The van der Waals surface area contributed by atoms with Crippen LogP contribution in [0, 0.1) is 13.8 Å². The van der Waals surface area contributed by atoms with Gasteiger partial charge in [0, 0.05) is 15.3 Å². The van der Waals surface area contributed by atoms with Crippen molar-refractivity contribution < 1.29 is 14.4 Å². The van der Waals surface area contributed by atoms with Crippen LogP contribution in [0.3, 0.4) is 0 Å². The molecule has 1 saturated heterocycles. The standard InChI is InChI=1S/C11H12N2O3S/c1-6-3-8(7(2)17-6)9(14)5-13-10(15)4-12-11(13)16/h3H,4-5H2,1-2H3,(H,12,16). The number of carbonyl (C=O) groups excluding carboxylic acids is 3. The third-order valence-corrected chi connectivity index (χ3v) is 3.55. The van der Waals surface area contributed by atoms with Crippen LogP contribution in [0.2, 0.25) is 0 Å². The van der Waals surface area contributed by atoms with Gasteiger partial charge in [-0.2, -0.15) is 0 Å². The summed E-state index contributed by atoms with van der Waals surface area (Å²) in [5.74, 6) is -0.551. The van der Waals surface area contributed by atoms with Crippen molar-refractivity contribution in [1.82, 2.24) is 10.2 Å². The van der Waals surface area contributed by atoms with E-state index in [0.29, 0.717) is 5.56 Å². The fourth-order valence-electron chi connectivity index (χ4n) is 1.75. The van der Waals surface area contributed by atoms with Crippen LogP contribution in [-0.2, 0) is 4.79 Å². The summed E-state index contributed by atoms with van der Waals surface area (Å²) in [5, 5.41) is 2.38. The highest BCUT2D eigenvalue weighted by atomic mass is 32.1. The first-order valence-corrected chi connectivity index (χ1v) is 5.99. The topological polar surface area (TPSA) is 66.5 Å². The number of nitrogens with zero attached hydrogens (tertiary/aromatic N) is 1. The van der Waals surface area contributed by atoms with Crippen molar-refractivity contribution in [2.45, 2.75) is 13.8 Å². The minimum absolute atomic E-state index is 0.0201. The molecule has 17 heavy (non-hydrogen) atoms. The number of urea groups is 1. The molecule has 3 amide bonds. The molecule has 2 heterocycles. The smallest absolute Gasteiger partial charge is 0.325 e. The van der Waals surface area contributed by atoms with E-state index in [1.165, 1.54) is 11.3 Å². The molecule has 1 aromatic heterocycles. The van der Waals surface area contributed by atoms with E-state index < -0.39 is 6.03 Å². The Morgan fingerprint density at radius 3 is 2.65 bits per heavy atom. The van der Waals surface area contributed by atoms with Crippen LogP contribution in [0.25, 0.3) is 0 Å². The van der Waals surface area contributed by atoms with E-state index in [-0.39, 0.29) is 24.8 Å². The summed E-state index contributed by atoms with van der Waals surface area (Å²) in [4.78, 5) is 37.5. The Morgan fingerprint density at radius 1 is 1.47 bits per heavy atom. The van der Waals surface area contributed by atoms with Crippen molar-refractivity contribution in [3.05, 3.63) is 21.4 Å². The van der Waals surface area contributed by atoms with Crippen molar-refractivity contribution in [3.8, 4) is 0 Å². The summed E-state index contributed by atoms with van der Waals surface area (Å²) in [6.45, 7) is 3.58. The van der Waals surface area contributed by atoms with Gasteiger partial charge in [-0.05, 0) is 19.9 Å². The largest absolute Gasteiger partial charge is 0.329 e. The fourth-order valence-corrected chi connectivity index (χ4v) is 2.69. The second-order valence-electron chi connectivity index (χ2n) is 3.89. The van der Waals surface area contributed by atoms with Crippen LogP contribution in [0.4, 0.5) is 4.79 Å². The summed E-state index contributed by atoms with van der Waals surface area (Å²) in [6, 6.07) is 1.30. The maximum Gasteiger partial charge on any atom is 0.325 e. The lowest BCUT2D eigenvalue weighted by Gasteiger charge is -2.10. The number of carbonyl (C=O) groups is 3. The van der Waals surface area contributed by atoms with Gasteiger partial charge in [0.15, 0.2) is 5.78 Å². The number of rotatable bonds is 3. The number of imide groups is 1. The summed E-state index contributed by atoms with van der Waals surface area (Å²) in [7, 11) is 0. The monoisotopic (exact) mass is 252 g/mol. The Bertz CT molecular complexity index is 491. The zero-order valence-corrected chi connectivity index (χ0v) is 10.4. The Kier molecular flexibility index (Phi) is 2.97. The molecule has 0 atom stereocenters. The Hall–Kier alpha value is -1.69. The van der Waals surface area contributed by atoms with Crippen LogP contribution >= 0.6 is 11.3 Å². The van der Waals surface area contributed by atoms with Crippen LogP contribution < -0.4 is 5.32 Å². The first kappa shape index (κ1) is 11.8. The lowest BCUT2D eigenvalue weighted by Crippen LogP contribution is -2.35. The third kappa shape index (κ3) is 2.21. The Labute approximate surface area is 102 Å². The maximum absolute atomic E-state index is 12.0. The van der Waals surface area contributed by atoms with Crippen molar-refractivity contribution in [3.63, 3.8) is 0 Å². The third-order valence-electron chi connectivity index (χ3n) is 2.58. The van der Waals surface area contributed by atoms with Gasteiger partial charge in [0.2, 0.25) is 5.91 Å². The maximum atomic E-state index is 12.0. The molecule has 0 bridgehead atoms. The van der Waals surface area contributed by atoms with E-state index in [1.54, 1.807) is 6.07 Å². The first-order valence-electron chi connectivity index (χ1n) is 5.17. The molecular weight excluding hydrogens is 240 g/mol. The minimum atomic E-state index is -0.493. The number of hydrogen-bond donors (Lipinski definition) is 1. The summed E-state index contributed by atoms with van der Waals surface area (Å²) >= 11 is 1.53. The highest BCUT2D eigenvalue weighted by molar-refractivity contribution is 7.12. The lowest BCUT2D eigenvalue weighted by molar-refractivity contribution is -0.124. The Balaban J connectivity index is 2.14. The minimum Gasteiger partial charge on any atom is -0.329 e. The average Bonchev–Trinajstić information content (AvgIpc) is 2.74. The van der Waals surface area contributed by atoms with E-state index in [2.05, 4.69) is 5.32 Å². The normalized spacial score (nSPS) is 15.3.